The molecule has 0 bridgehead atoms. The van der Waals surface area contributed by atoms with Crippen LogP contribution in [0.1, 0.15) is 58.7 Å². The third kappa shape index (κ3) is 6.59. The zero-order chi connectivity index (χ0) is 25.8. The first kappa shape index (κ1) is 25.9. The summed E-state index contributed by atoms with van der Waals surface area (Å²) in [5.41, 5.74) is 3.27. The van der Waals surface area contributed by atoms with Crippen molar-refractivity contribution in [3.05, 3.63) is 46.2 Å². The summed E-state index contributed by atoms with van der Waals surface area (Å²) in [7, 11) is 0. The Morgan fingerprint density at radius 2 is 2.08 bits per heavy atom. The molecule has 3 aromatic rings. The van der Waals surface area contributed by atoms with Gasteiger partial charge in [-0.25, -0.2) is 23.3 Å². The molecular formula is C27H33F2N5O2S. The lowest BCUT2D eigenvalue weighted by atomic mass is 9.81. The normalized spacial score (nSPS) is 21.0. The summed E-state index contributed by atoms with van der Waals surface area (Å²) in [6.07, 6.45) is 8.61. The van der Waals surface area contributed by atoms with Gasteiger partial charge in [-0.1, -0.05) is 11.3 Å². The van der Waals surface area contributed by atoms with Gasteiger partial charge in [0.05, 0.1) is 22.5 Å². The second-order valence-electron chi connectivity index (χ2n) is 10.1. The molecule has 1 fully saturated rings. The number of aliphatic imine (C=N–C) groups is 1. The maximum absolute atomic E-state index is 12.7. The van der Waals surface area contributed by atoms with Crippen molar-refractivity contribution < 1.29 is 18.3 Å². The molecule has 4 heterocycles. The van der Waals surface area contributed by atoms with Crippen LogP contribution in [0.4, 0.5) is 8.78 Å². The van der Waals surface area contributed by atoms with Crippen LogP contribution < -0.4 is 4.74 Å². The van der Waals surface area contributed by atoms with Crippen LogP contribution >= 0.6 is 11.3 Å². The Kier molecular flexibility index (Phi) is 8.24. The molecule has 0 spiro atoms. The van der Waals surface area contributed by atoms with E-state index in [9.17, 15) is 13.6 Å². The minimum atomic E-state index is -2.48. The van der Waals surface area contributed by atoms with Crippen molar-refractivity contribution in [1.29, 1.82) is 0 Å². The number of aryl methyl sites for hydroxylation is 1. The zero-order valence-electron chi connectivity index (χ0n) is 21.1. The van der Waals surface area contributed by atoms with Crippen molar-refractivity contribution >= 4 is 29.0 Å². The van der Waals surface area contributed by atoms with Gasteiger partial charge >= 0.3 is 0 Å². The second kappa shape index (κ2) is 11.8. The fourth-order valence-electron chi connectivity index (χ4n) is 5.36. The number of fused-ring (bicyclic) bond motifs is 2. The number of aromatic nitrogens is 3. The smallest absolute Gasteiger partial charge is 0.278 e. The molecule has 1 aliphatic heterocycles. The Morgan fingerprint density at radius 1 is 1.27 bits per heavy atom. The van der Waals surface area contributed by atoms with Crippen molar-refractivity contribution in [2.24, 2.45) is 16.8 Å². The predicted octanol–water partition coefficient (Wildman–Crippen LogP) is 5.25. The molecule has 5 rings (SSSR count). The van der Waals surface area contributed by atoms with Crippen LogP contribution in [0.3, 0.4) is 0 Å². The highest BCUT2D eigenvalue weighted by Crippen LogP contribution is 2.31. The van der Waals surface area contributed by atoms with Gasteiger partial charge in [-0.2, -0.15) is 5.10 Å². The van der Waals surface area contributed by atoms with E-state index in [2.05, 4.69) is 20.0 Å². The first-order chi connectivity index (χ1) is 17.9. The Balaban J connectivity index is 1.04. The fraction of sp³-hybridized carbons (Fsp3) is 0.556. The number of amides is 1. The lowest BCUT2D eigenvalue weighted by molar-refractivity contribution is 0.0816. The van der Waals surface area contributed by atoms with Gasteiger partial charge in [0.1, 0.15) is 0 Å². The first-order valence-corrected chi connectivity index (χ1v) is 13.9. The number of carbonyl (C=O) groups excluding carboxylic acids is 1. The molecule has 0 radical (unpaired) electrons. The number of ether oxygens (including phenoxy) is 1. The molecule has 0 aromatic carbocycles. The van der Waals surface area contributed by atoms with Gasteiger partial charge in [-0.15, -0.1) is 0 Å². The molecule has 3 aromatic heterocycles. The summed E-state index contributed by atoms with van der Waals surface area (Å²) >= 11 is 1.41. The molecule has 7 nitrogen and oxygen atoms in total. The van der Waals surface area contributed by atoms with Gasteiger partial charge in [0.15, 0.2) is 6.61 Å². The summed E-state index contributed by atoms with van der Waals surface area (Å²) in [5.74, 6) is 0.853. The number of nitrogens with zero attached hydrogens (tertiary/aromatic N) is 5. The first-order valence-electron chi connectivity index (χ1n) is 13.1. The maximum atomic E-state index is 12.7. The van der Waals surface area contributed by atoms with E-state index in [1.165, 1.54) is 22.6 Å². The monoisotopic (exact) mass is 529 g/mol. The summed E-state index contributed by atoms with van der Waals surface area (Å²) in [4.78, 5) is 25.1. The third-order valence-corrected chi connectivity index (χ3v) is 8.48. The minimum absolute atomic E-state index is 0.204. The van der Waals surface area contributed by atoms with Crippen molar-refractivity contribution in [2.75, 3.05) is 26.2 Å². The summed E-state index contributed by atoms with van der Waals surface area (Å²) in [5, 5.41) is 4.74. The number of hydrogen-bond donors (Lipinski definition) is 0. The number of alkyl halides is 2. The van der Waals surface area contributed by atoms with E-state index < -0.39 is 13.0 Å². The van der Waals surface area contributed by atoms with E-state index in [-0.39, 0.29) is 5.91 Å². The number of carbonyl (C=O) groups is 1. The van der Waals surface area contributed by atoms with Crippen LogP contribution in [-0.4, -0.2) is 64.3 Å². The SMILES string of the molecule is Cc1cc2c(C(=O)/N=C/C3CCC(CCN4CCc5nc(OCC(F)F)sc5CC4)CC3)cccn2n1. The Hall–Kier alpha value is -2.72. The average Bonchev–Trinajstić information content (AvgIpc) is 3.42. The van der Waals surface area contributed by atoms with Gasteiger partial charge < -0.3 is 9.64 Å². The topological polar surface area (TPSA) is 72.1 Å². The van der Waals surface area contributed by atoms with Crippen LogP contribution in [-0.2, 0) is 12.8 Å². The van der Waals surface area contributed by atoms with Crippen molar-refractivity contribution in [3.63, 3.8) is 0 Å². The molecule has 1 aliphatic carbocycles. The van der Waals surface area contributed by atoms with E-state index >= 15 is 0 Å². The van der Waals surface area contributed by atoms with Crippen molar-refractivity contribution in [1.82, 2.24) is 19.5 Å². The van der Waals surface area contributed by atoms with Crippen LogP contribution in [0.2, 0.25) is 0 Å². The van der Waals surface area contributed by atoms with Gasteiger partial charge in [-0.05, 0) is 82.0 Å². The highest BCUT2D eigenvalue weighted by Gasteiger charge is 2.23. The molecule has 0 N–H and O–H groups in total. The molecule has 0 atom stereocenters. The van der Waals surface area contributed by atoms with E-state index in [0.717, 1.165) is 75.1 Å². The lowest BCUT2D eigenvalue weighted by Gasteiger charge is -2.28. The summed E-state index contributed by atoms with van der Waals surface area (Å²) < 4.78 is 31.6. The van der Waals surface area contributed by atoms with E-state index in [1.54, 1.807) is 4.52 Å². The van der Waals surface area contributed by atoms with E-state index in [0.29, 0.717) is 22.6 Å². The number of hydrogen-bond acceptors (Lipinski definition) is 6. The molecular weight excluding hydrogens is 496 g/mol. The van der Waals surface area contributed by atoms with Crippen LogP contribution in [0, 0.1) is 18.8 Å². The zero-order valence-corrected chi connectivity index (χ0v) is 21.9. The third-order valence-electron chi connectivity index (χ3n) is 7.41. The Labute approximate surface area is 219 Å². The quantitative estimate of drug-likeness (QED) is 0.373. The van der Waals surface area contributed by atoms with Gasteiger partial charge in [0.25, 0.3) is 17.5 Å². The molecule has 10 heteroatoms. The number of halogens is 2. The number of rotatable bonds is 8. The minimum Gasteiger partial charge on any atom is -0.464 e. The number of thiazole rings is 1. The van der Waals surface area contributed by atoms with Crippen molar-refractivity contribution in [3.8, 4) is 5.19 Å². The van der Waals surface area contributed by atoms with Gasteiger partial charge in [-0.3, -0.25) is 4.79 Å². The summed E-state index contributed by atoms with van der Waals surface area (Å²) in [6.45, 7) is 4.31. The van der Waals surface area contributed by atoms with E-state index in [1.807, 2.05) is 37.5 Å². The number of pyridine rings is 1. The highest BCUT2D eigenvalue weighted by atomic mass is 32.1. The molecule has 198 valence electrons. The fourth-order valence-corrected chi connectivity index (χ4v) is 6.31. The van der Waals surface area contributed by atoms with Crippen LogP contribution in [0.25, 0.3) is 5.52 Å². The molecule has 0 unspecified atom stereocenters. The van der Waals surface area contributed by atoms with Crippen LogP contribution in [0.5, 0.6) is 5.19 Å². The van der Waals surface area contributed by atoms with Crippen LogP contribution in [0.15, 0.2) is 29.4 Å². The molecule has 0 saturated heterocycles. The molecule has 37 heavy (non-hydrogen) atoms. The van der Waals surface area contributed by atoms with Gasteiger partial charge in [0.2, 0.25) is 0 Å². The molecule has 2 aliphatic rings. The second-order valence-corrected chi connectivity index (χ2v) is 11.1. The highest BCUT2D eigenvalue weighted by molar-refractivity contribution is 7.13. The predicted molar refractivity (Wildman–Crippen MR) is 140 cm³/mol. The lowest BCUT2D eigenvalue weighted by Crippen LogP contribution is -2.29. The molecule has 1 amide bonds. The standard InChI is InChI=1S/C27H33F2N5O2S/c1-18-15-23-21(3-2-11-34(23)32-18)26(35)30-16-20-6-4-19(5-7-20)8-12-33-13-9-22-24(10-14-33)37-27(31-22)36-17-25(28)29/h2-3,11,15-16,19-20,25H,4-10,12-14,17H2,1H3/b30-16+. The maximum Gasteiger partial charge on any atom is 0.278 e. The Morgan fingerprint density at radius 3 is 2.89 bits per heavy atom. The summed E-state index contributed by atoms with van der Waals surface area (Å²) in [6, 6.07) is 5.55. The van der Waals surface area contributed by atoms with E-state index in [4.69, 9.17) is 4.74 Å². The Bertz CT molecular complexity index is 1220. The van der Waals surface area contributed by atoms with Crippen molar-refractivity contribution in [2.45, 2.75) is 58.3 Å². The average molecular weight is 530 g/mol. The molecule has 1 saturated carbocycles. The van der Waals surface area contributed by atoms with Gasteiger partial charge in [0, 0.05) is 36.8 Å². The largest absolute Gasteiger partial charge is 0.464 e.